The minimum Gasteiger partial charge on any atom is -0.313 e. The maximum Gasteiger partial charge on any atom is 0.0205 e. The summed E-state index contributed by atoms with van der Waals surface area (Å²) in [5, 5.41) is 4.21. The highest BCUT2D eigenvalue weighted by molar-refractivity contribution is 8.00. The quantitative estimate of drug-likeness (QED) is 0.841. The van der Waals surface area contributed by atoms with Gasteiger partial charge in [-0.2, -0.15) is 0 Å². The fourth-order valence-electron chi connectivity index (χ4n) is 2.63. The minimum atomic E-state index is 0.841. The molecule has 1 aliphatic rings. The molecular weight excluding hydrogens is 238 g/mol. The highest BCUT2D eigenvalue weighted by Gasteiger charge is 2.19. The zero-order valence-electron chi connectivity index (χ0n) is 11.6. The van der Waals surface area contributed by atoms with Crippen molar-refractivity contribution in [2.24, 2.45) is 5.92 Å². The van der Waals surface area contributed by atoms with Gasteiger partial charge in [0, 0.05) is 16.7 Å². The predicted molar refractivity (Wildman–Crippen MR) is 81.1 cm³/mol. The van der Waals surface area contributed by atoms with Crippen LogP contribution < -0.4 is 5.32 Å². The Kier molecular flexibility index (Phi) is 5.58. The van der Waals surface area contributed by atoms with Crippen molar-refractivity contribution in [3.63, 3.8) is 0 Å². The molecule has 2 unspecified atom stereocenters. The average molecular weight is 263 g/mol. The van der Waals surface area contributed by atoms with Gasteiger partial charge in [-0.15, -0.1) is 11.8 Å². The summed E-state index contributed by atoms with van der Waals surface area (Å²) in [4.78, 5) is 1.44. The van der Waals surface area contributed by atoms with Gasteiger partial charge in [-0.1, -0.05) is 38.8 Å². The van der Waals surface area contributed by atoms with Gasteiger partial charge in [0.25, 0.3) is 0 Å². The monoisotopic (exact) mass is 263 g/mol. The van der Waals surface area contributed by atoms with E-state index in [2.05, 4.69) is 55.2 Å². The molecule has 1 aromatic rings. The fraction of sp³-hybridized carbons (Fsp3) is 0.625. The molecule has 0 bridgehead atoms. The Balaban J connectivity index is 1.85. The summed E-state index contributed by atoms with van der Waals surface area (Å²) in [6.07, 6.45) is 5.63. The molecule has 0 heterocycles. The van der Waals surface area contributed by atoms with Crippen molar-refractivity contribution in [3.8, 4) is 0 Å². The lowest BCUT2D eigenvalue weighted by Gasteiger charge is -2.26. The van der Waals surface area contributed by atoms with Crippen molar-refractivity contribution in [2.45, 2.75) is 56.2 Å². The molecule has 0 spiro atoms. The first-order valence-corrected chi connectivity index (χ1v) is 8.12. The SMILES string of the molecule is CCNCc1ccc(SC2CCCC(C)C2)cc1. The summed E-state index contributed by atoms with van der Waals surface area (Å²) in [5.41, 5.74) is 1.39. The Hall–Kier alpha value is -0.470. The number of benzene rings is 1. The second-order valence-electron chi connectivity index (χ2n) is 5.44. The second kappa shape index (κ2) is 7.20. The third-order valence-corrected chi connectivity index (χ3v) is 5.00. The molecule has 0 amide bonds. The molecule has 1 fully saturated rings. The van der Waals surface area contributed by atoms with Crippen LogP contribution in [-0.4, -0.2) is 11.8 Å². The topological polar surface area (TPSA) is 12.0 Å². The smallest absolute Gasteiger partial charge is 0.0205 e. The van der Waals surface area contributed by atoms with Gasteiger partial charge in [-0.25, -0.2) is 0 Å². The van der Waals surface area contributed by atoms with Crippen LogP contribution in [0.15, 0.2) is 29.2 Å². The summed E-state index contributed by atoms with van der Waals surface area (Å²) in [6, 6.07) is 9.10. The van der Waals surface area contributed by atoms with Crippen LogP contribution in [0.5, 0.6) is 0 Å². The van der Waals surface area contributed by atoms with E-state index in [0.29, 0.717) is 0 Å². The maximum absolute atomic E-state index is 3.36. The lowest BCUT2D eigenvalue weighted by atomic mass is 9.91. The first kappa shape index (κ1) is 14.0. The Labute approximate surface area is 116 Å². The molecule has 18 heavy (non-hydrogen) atoms. The summed E-state index contributed by atoms with van der Waals surface area (Å²) >= 11 is 2.08. The molecular formula is C16H25NS. The van der Waals surface area contributed by atoms with Gasteiger partial charge in [-0.3, -0.25) is 0 Å². The van der Waals surface area contributed by atoms with E-state index in [0.717, 1.165) is 24.3 Å². The predicted octanol–water partition coefficient (Wildman–Crippen LogP) is 4.47. The Bertz CT molecular complexity index is 347. The Morgan fingerprint density at radius 1 is 1.22 bits per heavy atom. The largest absolute Gasteiger partial charge is 0.313 e. The number of thioether (sulfide) groups is 1. The van der Waals surface area contributed by atoms with Crippen molar-refractivity contribution in [1.29, 1.82) is 0 Å². The molecule has 2 atom stereocenters. The van der Waals surface area contributed by atoms with E-state index in [4.69, 9.17) is 0 Å². The minimum absolute atomic E-state index is 0.841. The van der Waals surface area contributed by atoms with Gasteiger partial charge >= 0.3 is 0 Å². The average Bonchev–Trinajstić information content (AvgIpc) is 2.38. The van der Waals surface area contributed by atoms with Crippen molar-refractivity contribution in [1.82, 2.24) is 5.32 Å². The summed E-state index contributed by atoms with van der Waals surface area (Å²) in [5.74, 6) is 0.921. The molecule has 0 aliphatic heterocycles. The molecule has 2 rings (SSSR count). The van der Waals surface area contributed by atoms with Crippen LogP contribution in [0.2, 0.25) is 0 Å². The van der Waals surface area contributed by atoms with E-state index in [-0.39, 0.29) is 0 Å². The molecule has 0 aromatic heterocycles. The Morgan fingerprint density at radius 3 is 2.67 bits per heavy atom. The lowest BCUT2D eigenvalue weighted by Crippen LogP contribution is -2.14. The molecule has 1 nitrogen and oxygen atoms in total. The molecule has 1 N–H and O–H groups in total. The summed E-state index contributed by atoms with van der Waals surface area (Å²) < 4.78 is 0. The molecule has 1 aliphatic carbocycles. The third-order valence-electron chi connectivity index (χ3n) is 3.69. The highest BCUT2D eigenvalue weighted by Crippen LogP contribution is 2.35. The van der Waals surface area contributed by atoms with E-state index in [9.17, 15) is 0 Å². The normalized spacial score (nSPS) is 24.1. The maximum atomic E-state index is 3.36. The van der Waals surface area contributed by atoms with Gasteiger partial charge in [0.1, 0.15) is 0 Å². The van der Waals surface area contributed by atoms with Crippen LogP contribution in [0.4, 0.5) is 0 Å². The zero-order valence-corrected chi connectivity index (χ0v) is 12.4. The molecule has 0 saturated heterocycles. The molecule has 100 valence electrons. The van der Waals surface area contributed by atoms with E-state index >= 15 is 0 Å². The summed E-state index contributed by atoms with van der Waals surface area (Å²) in [6.45, 7) is 6.57. The first-order valence-electron chi connectivity index (χ1n) is 7.24. The molecule has 0 radical (unpaired) electrons. The van der Waals surface area contributed by atoms with Crippen LogP contribution in [-0.2, 0) is 6.54 Å². The van der Waals surface area contributed by atoms with Gasteiger partial charge in [0.15, 0.2) is 0 Å². The fourth-order valence-corrected chi connectivity index (χ4v) is 4.02. The third kappa shape index (κ3) is 4.33. The molecule has 1 saturated carbocycles. The van der Waals surface area contributed by atoms with E-state index in [1.165, 1.54) is 36.1 Å². The van der Waals surface area contributed by atoms with Gasteiger partial charge in [0.05, 0.1) is 0 Å². The van der Waals surface area contributed by atoms with Crippen molar-refractivity contribution < 1.29 is 0 Å². The standard InChI is InChI=1S/C16H25NS/c1-3-17-12-14-7-9-15(10-8-14)18-16-6-4-5-13(2)11-16/h7-10,13,16-17H,3-6,11-12H2,1-2H3. The lowest BCUT2D eigenvalue weighted by molar-refractivity contribution is 0.394. The van der Waals surface area contributed by atoms with Crippen LogP contribution >= 0.6 is 11.8 Å². The van der Waals surface area contributed by atoms with Crippen LogP contribution in [0.3, 0.4) is 0 Å². The van der Waals surface area contributed by atoms with Crippen molar-refractivity contribution in [3.05, 3.63) is 29.8 Å². The highest BCUT2D eigenvalue weighted by atomic mass is 32.2. The Morgan fingerprint density at radius 2 is 2.00 bits per heavy atom. The van der Waals surface area contributed by atoms with Gasteiger partial charge < -0.3 is 5.32 Å². The van der Waals surface area contributed by atoms with Gasteiger partial charge in [-0.05, 0) is 43.0 Å². The van der Waals surface area contributed by atoms with Crippen LogP contribution in [0.1, 0.15) is 45.1 Å². The van der Waals surface area contributed by atoms with Crippen molar-refractivity contribution in [2.75, 3.05) is 6.54 Å². The second-order valence-corrected chi connectivity index (χ2v) is 6.81. The first-order chi connectivity index (χ1) is 8.78. The number of hydrogen-bond donors (Lipinski definition) is 1. The van der Waals surface area contributed by atoms with Gasteiger partial charge in [0.2, 0.25) is 0 Å². The van der Waals surface area contributed by atoms with Crippen molar-refractivity contribution >= 4 is 11.8 Å². The van der Waals surface area contributed by atoms with Crippen LogP contribution in [0, 0.1) is 5.92 Å². The molecule has 1 aromatic carbocycles. The van der Waals surface area contributed by atoms with Crippen LogP contribution in [0.25, 0.3) is 0 Å². The zero-order chi connectivity index (χ0) is 12.8. The van der Waals surface area contributed by atoms with E-state index in [1.807, 2.05) is 0 Å². The molecule has 2 heteroatoms. The number of rotatable bonds is 5. The van der Waals surface area contributed by atoms with E-state index in [1.54, 1.807) is 0 Å². The van der Waals surface area contributed by atoms with E-state index < -0.39 is 0 Å². The number of nitrogens with one attached hydrogen (secondary N) is 1. The summed E-state index contributed by atoms with van der Waals surface area (Å²) in [7, 11) is 0. The number of hydrogen-bond acceptors (Lipinski definition) is 2.